The Morgan fingerprint density at radius 1 is 1.59 bits per heavy atom. The summed E-state index contributed by atoms with van der Waals surface area (Å²) in [7, 11) is 0. The summed E-state index contributed by atoms with van der Waals surface area (Å²) < 4.78 is 0. The van der Waals surface area contributed by atoms with Gasteiger partial charge in [-0.25, -0.2) is 4.98 Å². The van der Waals surface area contributed by atoms with E-state index in [1.165, 1.54) is 12.1 Å². The number of Topliss-reactive ketones (excluding diaryl/α,β-unsaturated/α-hetero) is 1. The molecule has 2 rings (SSSR count). The number of anilines is 1. The molecule has 1 aliphatic rings. The van der Waals surface area contributed by atoms with Gasteiger partial charge in [-0.05, 0) is 6.42 Å². The summed E-state index contributed by atoms with van der Waals surface area (Å²) in [6, 6.07) is 0. The van der Waals surface area contributed by atoms with Crippen LogP contribution in [0.1, 0.15) is 36.6 Å². The third-order valence-electron chi connectivity index (χ3n) is 2.31. The zero-order valence-electron chi connectivity index (χ0n) is 9.74. The van der Waals surface area contributed by atoms with Gasteiger partial charge in [-0.2, -0.15) is 0 Å². The Morgan fingerprint density at radius 3 is 3.00 bits per heavy atom. The zero-order chi connectivity index (χ0) is 12.4. The Morgan fingerprint density at radius 2 is 2.35 bits per heavy atom. The lowest BCUT2D eigenvalue weighted by Crippen LogP contribution is -2.26. The van der Waals surface area contributed by atoms with E-state index in [0.717, 1.165) is 6.42 Å². The number of hydrogen-bond acceptors (Lipinski definition) is 6. The average Bonchev–Trinajstić information content (AvgIpc) is 2.69. The van der Waals surface area contributed by atoms with Gasteiger partial charge in [-0.1, -0.05) is 12.1 Å². The number of H-pyrrole nitrogens is 1. The number of fused-ring (bicyclic) bond motifs is 1. The topological polar surface area (TPSA) is 87.3 Å². The number of carbonyl (C=O) groups is 1. The van der Waals surface area contributed by atoms with Crippen molar-refractivity contribution in [2.24, 2.45) is 0 Å². The maximum absolute atomic E-state index is 11.7. The van der Waals surface area contributed by atoms with Crippen LogP contribution in [0.25, 0.3) is 0 Å². The fraction of sp³-hybridized carbons (Fsp3) is 0.500. The summed E-state index contributed by atoms with van der Waals surface area (Å²) in [6.07, 6.45) is 0.872. The number of ketones is 1. The molecule has 0 amide bonds. The first-order valence-corrected chi connectivity index (χ1v) is 5.43. The second-order valence-corrected chi connectivity index (χ2v) is 3.77. The molecule has 0 fully saturated rings. The summed E-state index contributed by atoms with van der Waals surface area (Å²) >= 11 is 0. The average molecular weight is 238 g/mol. The lowest BCUT2D eigenvalue weighted by atomic mass is 10.3. The SMILES string of the molecule is CCCON1Cc2nc(C(C)=O)[nH]c(=O)c2N1. The van der Waals surface area contributed by atoms with Crippen molar-refractivity contribution < 1.29 is 9.63 Å². The minimum Gasteiger partial charge on any atom is -0.302 e. The number of rotatable bonds is 4. The van der Waals surface area contributed by atoms with Gasteiger partial charge in [-0.3, -0.25) is 19.9 Å². The van der Waals surface area contributed by atoms with E-state index >= 15 is 0 Å². The number of aromatic amines is 1. The smallest absolute Gasteiger partial charge is 0.276 e. The number of hydroxylamine groups is 1. The minimum atomic E-state index is -0.359. The van der Waals surface area contributed by atoms with Crippen molar-refractivity contribution in [1.29, 1.82) is 0 Å². The summed E-state index contributed by atoms with van der Waals surface area (Å²) in [4.78, 5) is 34.7. The molecule has 1 aliphatic heterocycles. The van der Waals surface area contributed by atoms with Crippen molar-refractivity contribution in [3.63, 3.8) is 0 Å². The van der Waals surface area contributed by atoms with Crippen molar-refractivity contribution in [1.82, 2.24) is 15.1 Å². The lowest BCUT2D eigenvalue weighted by molar-refractivity contribution is -0.141. The van der Waals surface area contributed by atoms with Crippen LogP contribution in [0.3, 0.4) is 0 Å². The van der Waals surface area contributed by atoms with Crippen molar-refractivity contribution >= 4 is 11.5 Å². The third-order valence-corrected chi connectivity index (χ3v) is 2.31. The Hall–Kier alpha value is -1.73. The van der Waals surface area contributed by atoms with E-state index in [4.69, 9.17) is 4.84 Å². The van der Waals surface area contributed by atoms with Crippen LogP contribution in [0.5, 0.6) is 0 Å². The fourth-order valence-corrected chi connectivity index (χ4v) is 1.50. The molecule has 7 nitrogen and oxygen atoms in total. The summed E-state index contributed by atoms with van der Waals surface area (Å²) in [5, 5.41) is 1.44. The van der Waals surface area contributed by atoms with E-state index in [0.29, 0.717) is 24.5 Å². The van der Waals surface area contributed by atoms with Crippen molar-refractivity contribution in [2.75, 3.05) is 12.0 Å². The van der Waals surface area contributed by atoms with Crippen LogP contribution in [0, 0.1) is 0 Å². The molecule has 92 valence electrons. The standard InChI is InChI=1S/C10H14N4O3/c1-3-4-17-14-5-7-8(13-14)10(16)12-9(11-7)6(2)15/h13H,3-5H2,1-2H3,(H,11,12,16). The molecule has 1 aromatic rings. The predicted molar refractivity (Wildman–Crippen MR) is 60.3 cm³/mol. The van der Waals surface area contributed by atoms with Crippen LogP contribution in [0.4, 0.5) is 5.69 Å². The first kappa shape index (κ1) is 11.7. The molecule has 0 aromatic carbocycles. The largest absolute Gasteiger partial charge is 0.302 e. The number of nitrogens with zero attached hydrogens (tertiary/aromatic N) is 2. The molecule has 7 heteroatoms. The van der Waals surface area contributed by atoms with Gasteiger partial charge in [0.1, 0.15) is 5.69 Å². The number of aromatic nitrogens is 2. The Bertz CT molecular complexity index is 497. The summed E-state index contributed by atoms with van der Waals surface area (Å²) in [5.74, 6) is -0.189. The second-order valence-electron chi connectivity index (χ2n) is 3.77. The zero-order valence-corrected chi connectivity index (χ0v) is 9.74. The molecular weight excluding hydrogens is 224 g/mol. The van der Waals surface area contributed by atoms with Crippen molar-refractivity contribution in [2.45, 2.75) is 26.8 Å². The Labute approximate surface area is 97.7 Å². The number of hydrogen-bond donors (Lipinski definition) is 2. The van der Waals surface area contributed by atoms with Crippen LogP contribution in [-0.2, 0) is 11.4 Å². The van der Waals surface area contributed by atoms with Crippen LogP contribution in [0.15, 0.2) is 4.79 Å². The fourth-order valence-electron chi connectivity index (χ4n) is 1.50. The van der Waals surface area contributed by atoms with Crippen LogP contribution in [-0.4, -0.2) is 27.5 Å². The molecular formula is C10H14N4O3. The summed E-state index contributed by atoms with van der Waals surface area (Å²) in [5.41, 5.74) is 3.30. The number of nitrogens with one attached hydrogen (secondary N) is 2. The third kappa shape index (κ3) is 2.34. The molecule has 1 aromatic heterocycles. The molecule has 0 spiro atoms. The van der Waals surface area contributed by atoms with E-state index in [1.807, 2.05) is 6.92 Å². The van der Waals surface area contributed by atoms with Gasteiger partial charge < -0.3 is 4.98 Å². The van der Waals surface area contributed by atoms with Crippen LogP contribution in [0.2, 0.25) is 0 Å². The monoisotopic (exact) mass is 238 g/mol. The van der Waals surface area contributed by atoms with E-state index < -0.39 is 0 Å². The van der Waals surface area contributed by atoms with Crippen LogP contribution < -0.4 is 11.0 Å². The molecule has 0 radical (unpaired) electrons. The predicted octanol–water partition coefficient (Wildman–Crippen LogP) is 0.457. The highest BCUT2D eigenvalue weighted by molar-refractivity contribution is 5.90. The summed E-state index contributed by atoms with van der Waals surface area (Å²) in [6.45, 7) is 4.25. The Kier molecular flexibility index (Phi) is 3.21. The molecule has 0 bridgehead atoms. The lowest BCUT2D eigenvalue weighted by Gasteiger charge is -2.13. The van der Waals surface area contributed by atoms with Gasteiger partial charge >= 0.3 is 0 Å². The van der Waals surface area contributed by atoms with E-state index in [1.54, 1.807) is 0 Å². The Balaban J connectivity index is 2.23. The van der Waals surface area contributed by atoms with Gasteiger partial charge in [0.15, 0.2) is 11.6 Å². The molecule has 17 heavy (non-hydrogen) atoms. The van der Waals surface area contributed by atoms with Gasteiger partial charge in [-0.15, -0.1) is 0 Å². The van der Waals surface area contributed by atoms with Gasteiger partial charge in [0.2, 0.25) is 0 Å². The molecule has 0 aliphatic carbocycles. The molecule has 2 heterocycles. The van der Waals surface area contributed by atoms with E-state index in [2.05, 4.69) is 15.4 Å². The molecule has 0 saturated carbocycles. The highest BCUT2D eigenvalue weighted by Crippen LogP contribution is 2.18. The first-order chi connectivity index (χ1) is 8.11. The second kappa shape index (κ2) is 4.64. The quantitative estimate of drug-likeness (QED) is 0.741. The minimum absolute atomic E-state index is 0.0768. The maximum Gasteiger partial charge on any atom is 0.276 e. The maximum atomic E-state index is 11.7. The highest BCUT2D eigenvalue weighted by Gasteiger charge is 2.24. The van der Waals surface area contributed by atoms with Crippen molar-refractivity contribution in [3.05, 3.63) is 21.9 Å². The van der Waals surface area contributed by atoms with E-state index in [9.17, 15) is 9.59 Å². The molecule has 0 atom stereocenters. The van der Waals surface area contributed by atoms with Gasteiger partial charge in [0.05, 0.1) is 18.8 Å². The highest BCUT2D eigenvalue weighted by atomic mass is 16.7. The van der Waals surface area contributed by atoms with Crippen LogP contribution >= 0.6 is 0 Å². The van der Waals surface area contributed by atoms with E-state index in [-0.39, 0.29) is 17.2 Å². The van der Waals surface area contributed by atoms with Gasteiger partial charge in [0, 0.05) is 6.92 Å². The molecule has 2 N–H and O–H groups in total. The number of hydrazine groups is 1. The first-order valence-electron chi connectivity index (χ1n) is 5.43. The normalized spacial score (nSPS) is 14.5. The van der Waals surface area contributed by atoms with Gasteiger partial charge in [0.25, 0.3) is 5.56 Å². The molecule has 0 saturated heterocycles. The number of carbonyl (C=O) groups excluding carboxylic acids is 1. The van der Waals surface area contributed by atoms with Crippen molar-refractivity contribution in [3.8, 4) is 0 Å². The molecule has 0 unspecified atom stereocenters.